The fourth-order valence-electron chi connectivity index (χ4n) is 3.43. The number of halogens is 2. The molecule has 2 saturated carbocycles. The van der Waals surface area contributed by atoms with Crippen molar-refractivity contribution in [2.75, 3.05) is 6.54 Å². The molecule has 0 heterocycles. The van der Waals surface area contributed by atoms with Crippen molar-refractivity contribution in [2.45, 2.75) is 51.0 Å². The highest BCUT2D eigenvalue weighted by molar-refractivity contribution is 6.31. The standard InChI is InChI=1S/C17H23ClFN/c18-16-6-3-7-17(19)15(16)10-13(11-20-14-8-9-14)12-4-1-2-5-12/h3,6-7,12-14,20H,1-2,4-5,8-11H2. The SMILES string of the molecule is Fc1cccc(Cl)c1CC(CNC1CC1)C1CCCC1. The zero-order chi connectivity index (χ0) is 13.9. The highest BCUT2D eigenvalue weighted by atomic mass is 35.5. The predicted octanol–water partition coefficient (Wildman–Crippen LogP) is 4.58. The summed E-state index contributed by atoms with van der Waals surface area (Å²) in [5.74, 6) is 1.11. The summed E-state index contributed by atoms with van der Waals surface area (Å²) in [5.41, 5.74) is 0.712. The third-order valence-corrected chi connectivity index (χ3v) is 5.19. The van der Waals surface area contributed by atoms with Crippen LogP contribution in [0.2, 0.25) is 5.02 Å². The Morgan fingerprint density at radius 2 is 1.95 bits per heavy atom. The number of rotatable bonds is 6. The van der Waals surface area contributed by atoms with Crippen LogP contribution in [0.1, 0.15) is 44.1 Å². The van der Waals surface area contributed by atoms with E-state index < -0.39 is 0 Å². The van der Waals surface area contributed by atoms with Crippen LogP contribution in [0.15, 0.2) is 18.2 Å². The maximum absolute atomic E-state index is 14.0. The first-order valence-electron chi connectivity index (χ1n) is 7.90. The van der Waals surface area contributed by atoms with Gasteiger partial charge in [-0.2, -0.15) is 0 Å². The average molecular weight is 296 g/mol. The van der Waals surface area contributed by atoms with Crippen LogP contribution in [0.25, 0.3) is 0 Å². The molecule has 1 atom stereocenters. The lowest BCUT2D eigenvalue weighted by Gasteiger charge is -2.24. The van der Waals surface area contributed by atoms with E-state index >= 15 is 0 Å². The van der Waals surface area contributed by atoms with Gasteiger partial charge in [0.25, 0.3) is 0 Å². The third kappa shape index (κ3) is 3.53. The Balaban J connectivity index is 1.70. The fourth-order valence-corrected chi connectivity index (χ4v) is 3.67. The molecule has 2 aliphatic carbocycles. The number of hydrogen-bond donors (Lipinski definition) is 1. The quantitative estimate of drug-likeness (QED) is 0.810. The van der Waals surface area contributed by atoms with Gasteiger partial charge in [0.15, 0.2) is 0 Å². The van der Waals surface area contributed by atoms with Crippen molar-refractivity contribution >= 4 is 11.6 Å². The van der Waals surface area contributed by atoms with Crippen molar-refractivity contribution in [3.05, 3.63) is 34.6 Å². The molecule has 3 rings (SSSR count). The number of benzene rings is 1. The van der Waals surface area contributed by atoms with Crippen LogP contribution in [0.5, 0.6) is 0 Å². The summed E-state index contributed by atoms with van der Waals surface area (Å²) in [7, 11) is 0. The van der Waals surface area contributed by atoms with Crippen LogP contribution in [-0.2, 0) is 6.42 Å². The van der Waals surface area contributed by atoms with Crippen LogP contribution in [0.3, 0.4) is 0 Å². The van der Waals surface area contributed by atoms with E-state index in [-0.39, 0.29) is 5.82 Å². The third-order valence-electron chi connectivity index (χ3n) is 4.84. The first-order valence-corrected chi connectivity index (χ1v) is 8.28. The van der Waals surface area contributed by atoms with Gasteiger partial charge in [-0.3, -0.25) is 0 Å². The van der Waals surface area contributed by atoms with Gasteiger partial charge in [0.05, 0.1) is 0 Å². The molecule has 2 fully saturated rings. The second kappa shape index (κ2) is 6.44. The monoisotopic (exact) mass is 295 g/mol. The van der Waals surface area contributed by atoms with Crippen LogP contribution >= 0.6 is 11.6 Å². The summed E-state index contributed by atoms with van der Waals surface area (Å²) in [5, 5.41) is 4.21. The Morgan fingerprint density at radius 3 is 2.60 bits per heavy atom. The maximum Gasteiger partial charge on any atom is 0.127 e. The van der Waals surface area contributed by atoms with Gasteiger partial charge in [0, 0.05) is 16.6 Å². The highest BCUT2D eigenvalue weighted by Crippen LogP contribution is 2.35. The van der Waals surface area contributed by atoms with E-state index in [9.17, 15) is 4.39 Å². The summed E-state index contributed by atoms with van der Waals surface area (Å²) in [6.07, 6.45) is 8.63. The van der Waals surface area contributed by atoms with Gasteiger partial charge in [-0.1, -0.05) is 43.4 Å². The van der Waals surface area contributed by atoms with Crippen molar-refractivity contribution in [3.63, 3.8) is 0 Å². The molecule has 1 aromatic carbocycles. The molecule has 110 valence electrons. The first-order chi connectivity index (χ1) is 9.74. The summed E-state index contributed by atoms with van der Waals surface area (Å²) in [4.78, 5) is 0. The van der Waals surface area contributed by atoms with Crippen molar-refractivity contribution in [2.24, 2.45) is 11.8 Å². The van der Waals surface area contributed by atoms with E-state index in [0.717, 1.165) is 24.9 Å². The van der Waals surface area contributed by atoms with E-state index in [2.05, 4.69) is 5.32 Å². The Kier molecular flexibility index (Phi) is 4.62. The van der Waals surface area contributed by atoms with Gasteiger partial charge in [0.1, 0.15) is 5.82 Å². The summed E-state index contributed by atoms with van der Waals surface area (Å²) >= 11 is 6.19. The van der Waals surface area contributed by atoms with Crippen LogP contribution in [0, 0.1) is 17.7 Å². The molecule has 0 amide bonds. The Bertz CT molecular complexity index is 432. The highest BCUT2D eigenvalue weighted by Gasteiger charge is 2.29. The second-order valence-electron chi connectivity index (χ2n) is 6.39. The molecule has 1 unspecified atom stereocenters. The summed E-state index contributed by atoms with van der Waals surface area (Å²) in [6.45, 7) is 1.01. The fraction of sp³-hybridized carbons (Fsp3) is 0.647. The zero-order valence-corrected chi connectivity index (χ0v) is 12.6. The minimum atomic E-state index is -0.146. The second-order valence-corrected chi connectivity index (χ2v) is 6.80. The van der Waals surface area contributed by atoms with E-state index in [1.54, 1.807) is 12.1 Å². The van der Waals surface area contributed by atoms with Gasteiger partial charge in [-0.15, -0.1) is 0 Å². The van der Waals surface area contributed by atoms with Gasteiger partial charge >= 0.3 is 0 Å². The predicted molar refractivity (Wildman–Crippen MR) is 81.6 cm³/mol. The molecular formula is C17H23ClFN. The molecule has 20 heavy (non-hydrogen) atoms. The van der Waals surface area contributed by atoms with Gasteiger partial charge in [-0.25, -0.2) is 4.39 Å². The molecule has 1 aromatic rings. The van der Waals surface area contributed by atoms with E-state index in [0.29, 0.717) is 16.5 Å². The number of hydrogen-bond acceptors (Lipinski definition) is 1. The zero-order valence-electron chi connectivity index (χ0n) is 11.9. The minimum Gasteiger partial charge on any atom is -0.314 e. The van der Waals surface area contributed by atoms with Gasteiger partial charge in [0.2, 0.25) is 0 Å². The molecule has 3 heteroatoms. The normalized spacial score (nSPS) is 21.3. The average Bonchev–Trinajstić information content (AvgIpc) is 3.10. The van der Waals surface area contributed by atoms with Crippen molar-refractivity contribution in [1.29, 1.82) is 0 Å². The van der Waals surface area contributed by atoms with Crippen molar-refractivity contribution in [3.8, 4) is 0 Å². The molecule has 0 bridgehead atoms. The maximum atomic E-state index is 14.0. The summed E-state index contributed by atoms with van der Waals surface area (Å²) in [6, 6.07) is 5.74. The molecule has 0 aliphatic heterocycles. The first kappa shape index (κ1) is 14.3. The molecule has 2 aliphatic rings. The molecule has 1 nitrogen and oxygen atoms in total. The van der Waals surface area contributed by atoms with E-state index in [1.165, 1.54) is 44.6 Å². The van der Waals surface area contributed by atoms with Crippen LogP contribution < -0.4 is 5.32 Å². The lowest BCUT2D eigenvalue weighted by atomic mass is 9.85. The Labute approximate surface area is 125 Å². The lowest BCUT2D eigenvalue weighted by molar-refractivity contribution is 0.317. The number of nitrogens with one attached hydrogen (secondary N) is 1. The molecule has 0 spiro atoms. The van der Waals surface area contributed by atoms with E-state index in [1.807, 2.05) is 0 Å². The van der Waals surface area contributed by atoms with Crippen LogP contribution in [0.4, 0.5) is 4.39 Å². The van der Waals surface area contributed by atoms with Crippen molar-refractivity contribution < 1.29 is 4.39 Å². The largest absolute Gasteiger partial charge is 0.314 e. The Hall–Kier alpha value is -0.600. The molecule has 0 aromatic heterocycles. The smallest absolute Gasteiger partial charge is 0.127 e. The minimum absolute atomic E-state index is 0.146. The Morgan fingerprint density at radius 1 is 1.20 bits per heavy atom. The molecule has 0 radical (unpaired) electrons. The molecule has 0 saturated heterocycles. The van der Waals surface area contributed by atoms with Crippen LogP contribution in [-0.4, -0.2) is 12.6 Å². The topological polar surface area (TPSA) is 12.0 Å². The van der Waals surface area contributed by atoms with Gasteiger partial charge in [-0.05, 0) is 49.8 Å². The van der Waals surface area contributed by atoms with E-state index in [4.69, 9.17) is 11.6 Å². The summed E-state index contributed by atoms with van der Waals surface area (Å²) < 4.78 is 14.0. The van der Waals surface area contributed by atoms with Crippen molar-refractivity contribution in [1.82, 2.24) is 5.32 Å². The van der Waals surface area contributed by atoms with Gasteiger partial charge < -0.3 is 5.32 Å². The lowest BCUT2D eigenvalue weighted by Crippen LogP contribution is -2.30. The molecular weight excluding hydrogens is 273 g/mol. The molecule has 1 N–H and O–H groups in total.